The van der Waals surface area contributed by atoms with Crippen molar-refractivity contribution in [1.29, 1.82) is 0 Å². The van der Waals surface area contributed by atoms with Crippen LogP contribution >= 0.6 is 0 Å². The van der Waals surface area contributed by atoms with Crippen molar-refractivity contribution in [2.45, 2.75) is 35.9 Å². The molecule has 152 valence electrons. The first-order valence-electron chi connectivity index (χ1n) is 6.01. The van der Waals surface area contributed by atoms with Crippen molar-refractivity contribution in [3.8, 4) is 0 Å². The van der Waals surface area contributed by atoms with Gasteiger partial charge in [0.25, 0.3) is 11.2 Å². The van der Waals surface area contributed by atoms with Crippen LogP contribution in [-0.4, -0.2) is 39.5 Å². The van der Waals surface area contributed by atoms with Gasteiger partial charge in [0.15, 0.2) is 0 Å². The number of hydrogen-bond donors (Lipinski definition) is 2. The lowest BCUT2D eigenvalue weighted by atomic mass is 9.92. The second kappa shape index (κ2) is 5.68. The van der Waals surface area contributed by atoms with E-state index in [1.165, 1.54) is 0 Å². The Morgan fingerprint density at radius 2 is 0.962 bits per heavy atom. The molecule has 0 amide bonds. The van der Waals surface area contributed by atoms with Crippen LogP contribution in [0.15, 0.2) is 12.3 Å². The molecule has 26 heavy (non-hydrogen) atoms. The minimum Gasteiger partial charge on any atom is -0.369 e. The van der Waals surface area contributed by atoms with Gasteiger partial charge in [-0.1, -0.05) is 0 Å². The standard InChI is InChI=1S/C11H7F12NO2/c1-24-3-4(6(25,8(12,13)14)9(15,16)17)2-5(24)7(26,10(18,19)20)11(21,22)23/h2-3,25-26H,1H3. The van der Waals surface area contributed by atoms with E-state index in [-0.39, 0.29) is 7.05 Å². The van der Waals surface area contributed by atoms with E-state index in [4.69, 9.17) is 10.2 Å². The van der Waals surface area contributed by atoms with Gasteiger partial charge in [-0.25, -0.2) is 0 Å². The molecule has 0 unspecified atom stereocenters. The van der Waals surface area contributed by atoms with Crippen molar-refractivity contribution in [2.24, 2.45) is 7.05 Å². The molecule has 2 N–H and O–H groups in total. The van der Waals surface area contributed by atoms with Crippen LogP contribution in [0.2, 0.25) is 0 Å². The Morgan fingerprint density at radius 1 is 0.654 bits per heavy atom. The maximum Gasteiger partial charge on any atom is 0.432 e. The zero-order valence-electron chi connectivity index (χ0n) is 12.0. The highest BCUT2D eigenvalue weighted by molar-refractivity contribution is 5.33. The fraction of sp³-hybridized carbons (Fsp3) is 0.636. The zero-order chi connectivity index (χ0) is 21.1. The molecule has 0 atom stereocenters. The van der Waals surface area contributed by atoms with Crippen molar-refractivity contribution in [1.82, 2.24) is 4.57 Å². The van der Waals surface area contributed by atoms with Gasteiger partial charge < -0.3 is 14.8 Å². The number of aromatic nitrogens is 1. The van der Waals surface area contributed by atoms with Crippen LogP contribution in [0.1, 0.15) is 11.3 Å². The van der Waals surface area contributed by atoms with Crippen LogP contribution in [0.25, 0.3) is 0 Å². The summed E-state index contributed by atoms with van der Waals surface area (Å²) in [5.41, 5.74) is -16.3. The van der Waals surface area contributed by atoms with E-state index >= 15 is 0 Å². The number of halogens is 12. The zero-order valence-corrected chi connectivity index (χ0v) is 12.0. The first kappa shape index (κ1) is 22.4. The summed E-state index contributed by atoms with van der Waals surface area (Å²) >= 11 is 0. The van der Waals surface area contributed by atoms with E-state index in [0.717, 1.165) is 0 Å². The lowest BCUT2D eigenvalue weighted by Gasteiger charge is -2.33. The van der Waals surface area contributed by atoms with Crippen LogP contribution in [0.5, 0.6) is 0 Å². The monoisotopic (exact) mass is 413 g/mol. The highest BCUT2D eigenvalue weighted by atomic mass is 19.4. The predicted octanol–water partition coefficient (Wildman–Crippen LogP) is 3.65. The molecule has 0 aliphatic rings. The molecule has 0 bridgehead atoms. The Bertz CT molecular complexity index is 635. The summed E-state index contributed by atoms with van der Waals surface area (Å²) in [7, 11) is 0.231. The third-order valence-corrected chi connectivity index (χ3v) is 3.43. The Hall–Kier alpha value is -1.64. The number of nitrogens with zero attached hydrogens (tertiary/aromatic N) is 1. The first-order chi connectivity index (χ1) is 11.1. The highest BCUT2D eigenvalue weighted by Gasteiger charge is 2.75. The number of aliphatic hydroxyl groups is 2. The number of hydrogen-bond acceptors (Lipinski definition) is 2. The third kappa shape index (κ3) is 3.00. The molecule has 3 nitrogen and oxygen atoms in total. The maximum atomic E-state index is 12.7. The van der Waals surface area contributed by atoms with E-state index in [0.29, 0.717) is 0 Å². The summed E-state index contributed by atoms with van der Waals surface area (Å²) in [6.07, 6.45) is -26.6. The van der Waals surface area contributed by atoms with Crippen molar-refractivity contribution in [3.05, 3.63) is 23.5 Å². The topological polar surface area (TPSA) is 45.4 Å². The van der Waals surface area contributed by atoms with Crippen molar-refractivity contribution >= 4 is 0 Å². The molecule has 0 aromatic carbocycles. The molecule has 0 aliphatic carbocycles. The van der Waals surface area contributed by atoms with Crippen LogP contribution in [0.3, 0.4) is 0 Å². The largest absolute Gasteiger partial charge is 0.432 e. The van der Waals surface area contributed by atoms with Gasteiger partial charge in [0, 0.05) is 18.8 Å². The van der Waals surface area contributed by atoms with Crippen LogP contribution in [-0.2, 0) is 18.2 Å². The van der Waals surface area contributed by atoms with Gasteiger partial charge in [-0.05, 0) is 6.07 Å². The van der Waals surface area contributed by atoms with E-state index < -0.39 is 64.0 Å². The lowest BCUT2D eigenvalue weighted by molar-refractivity contribution is -0.378. The smallest absolute Gasteiger partial charge is 0.369 e. The predicted molar refractivity (Wildman–Crippen MR) is 57.4 cm³/mol. The minimum absolute atomic E-state index is 0.231. The van der Waals surface area contributed by atoms with Crippen molar-refractivity contribution < 1.29 is 62.9 Å². The Labute approximate surface area is 135 Å². The molecule has 1 rings (SSSR count). The summed E-state index contributed by atoms with van der Waals surface area (Å²) in [4.78, 5) is 0. The first-order valence-corrected chi connectivity index (χ1v) is 6.01. The Kier molecular flexibility index (Phi) is 4.89. The van der Waals surface area contributed by atoms with E-state index in [2.05, 4.69) is 0 Å². The fourth-order valence-corrected chi connectivity index (χ4v) is 2.06. The van der Waals surface area contributed by atoms with Crippen molar-refractivity contribution in [2.75, 3.05) is 0 Å². The summed E-state index contributed by atoms with van der Waals surface area (Å²) in [6, 6.07) is -0.859. The maximum absolute atomic E-state index is 12.7. The Balaban J connectivity index is 3.83. The van der Waals surface area contributed by atoms with E-state index in [9.17, 15) is 52.7 Å². The minimum atomic E-state index is -6.55. The van der Waals surface area contributed by atoms with Gasteiger partial charge in [-0.15, -0.1) is 0 Å². The lowest BCUT2D eigenvalue weighted by Crippen LogP contribution is -2.55. The quantitative estimate of drug-likeness (QED) is 0.728. The number of rotatable bonds is 2. The van der Waals surface area contributed by atoms with Gasteiger partial charge >= 0.3 is 24.7 Å². The summed E-state index contributed by atoms with van der Waals surface area (Å²) in [6.45, 7) is 0. The molecular formula is C11H7F12NO2. The van der Waals surface area contributed by atoms with E-state index in [1.807, 2.05) is 0 Å². The van der Waals surface area contributed by atoms with Gasteiger partial charge in [0.05, 0.1) is 5.69 Å². The van der Waals surface area contributed by atoms with Gasteiger partial charge in [0.1, 0.15) is 0 Å². The van der Waals surface area contributed by atoms with Crippen molar-refractivity contribution in [3.63, 3.8) is 0 Å². The van der Waals surface area contributed by atoms with Crippen LogP contribution < -0.4 is 0 Å². The molecule has 0 saturated heterocycles. The molecule has 0 saturated carbocycles. The van der Waals surface area contributed by atoms with Gasteiger partial charge in [0.2, 0.25) is 0 Å². The van der Waals surface area contributed by atoms with Crippen LogP contribution in [0.4, 0.5) is 52.7 Å². The molecule has 0 fully saturated rings. The molecular weight excluding hydrogens is 406 g/mol. The molecule has 1 heterocycles. The second-order valence-electron chi connectivity index (χ2n) is 5.14. The van der Waals surface area contributed by atoms with Gasteiger partial charge in [-0.2, -0.15) is 52.7 Å². The SMILES string of the molecule is Cn1cc(C(O)(C(F)(F)F)C(F)(F)F)cc1C(O)(C(F)(F)F)C(F)(F)F. The molecule has 0 aliphatic heterocycles. The molecule has 15 heteroatoms. The van der Waals surface area contributed by atoms with E-state index in [1.54, 1.807) is 0 Å². The summed E-state index contributed by atoms with van der Waals surface area (Å²) < 4.78 is 152. The average molecular weight is 413 g/mol. The number of alkyl halides is 12. The number of aryl methyl sites for hydroxylation is 1. The molecule has 1 aromatic rings. The second-order valence-corrected chi connectivity index (χ2v) is 5.14. The normalized spacial score (nSPS) is 15.5. The summed E-state index contributed by atoms with van der Waals surface area (Å²) in [5, 5.41) is 18.2. The molecule has 1 aromatic heterocycles. The third-order valence-electron chi connectivity index (χ3n) is 3.43. The molecule has 0 spiro atoms. The highest BCUT2D eigenvalue weighted by Crippen LogP contribution is 2.54. The average Bonchev–Trinajstić information content (AvgIpc) is 2.73. The van der Waals surface area contributed by atoms with Gasteiger partial charge in [-0.3, -0.25) is 0 Å². The van der Waals surface area contributed by atoms with Crippen LogP contribution in [0, 0.1) is 0 Å². The summed E-state index contributed by atoms with van der Waals surface area (Å²) in [5.74, 6) is 0. The fourth-order valence-electron chi connectivity index (χ4n) is 2.06. The molecule has 0 radical (unpaired) electrons. The Morgan fingerprint density at radius 3 is 1.23 bits per heavy atom.